The minimum atomic E-state index is -0.420. The van der Waals surface area contributed by atoms with Crippen molar-refractivity contribution in [2.24, 2.45) is 0 Å². The quantitative estimate of drug-likeness (QED) is 0.587. The molecule has 7 nitrogen and oxygen atoms in total. The van der Waals surface area contributed by atoms with Crippen LogP contribution >= 0.6 is 15.9 Å². The van der Waals surface area contributed by atoms with Gasteiger partial charge < -0.3 is 15.5 Å². The molecular formula is C17H23BrN4O3. The number of likely N-dealkylation sites (tertiary alicyclic amines) is 1. The average Bonchev–Trinajstić information content (AvgIpc) is 2.63. The Bertz CT molecular complexity index is 656. The summed E-state index contributed by atoms with van der Waals surface area (Å²) in [7, 11) is 0. The summed E-state index contributed by atoms with van der Waals surface area (Å²) in [5.41, 5.74) is 0.673. The average molecular weight is 411 g/mol. The number of hydrogen-bond acceptors (Lipinski definition) is 5. The van der Waals surface area contributed by atoms with Crippen LogP contribution in [-0.4, -0.2) is 48.0 Å². The summed E-state index contributed by atoms with van der Waals surface area (Å²) < 4.78 is 0.548. The van der Waals surface area contributed by atoms with Crippen LogP contribution in [0.5, 0.6) is 0 Å². The first kappa shape index (κ1) is 18.1. The normalized spacial score (nSPS) is 21.0. The summed E-state index contributed by atoms with van der Waals surface area (Å²) in [5, 5.41) is 18.1. The van der Waals surface area contributed by atoms with E-state index in [9.17, 15) is 14.9 Å². The maximum absolute atomic E-state index is 13.0. The molecule has 2 aliphatic heterocycles. The van der Waals surface area contributed by atoms with Crippen LogP contribution in [0.3, 0.4) is 0 Å². The molecule has 0 radical (unpaired) electrons. The van der Waals surface area contributed by atoms with E-state index in [1.54, 1.807) is 11.0 Å². The van der Waals surface area contributed by atoms with Gasteiger partial charge in [0.2, 0.25) is 0 Å². The Morgan fingerprint density at radius 3 is 2.68 bits per heavy atom. The van der Waals surface area contributed by atoms with Crippen LogP contribution in [-0.2, 0) is 0 Å². The van der Waals surface area contributed by atoms with Gasteiger partial charge >= 0.3 is 0 Å². The van der Waals surface area contributed by atoms with E-state index in [1.807, 2.05) is 0 Å². The fourth-order valence-corrected chi connectivity index (χ4v) is 3.95. The van der Waals surface area contributed by atoms with Crippen molar-refractivity contribution in [1.82, 2.24) is 10.2 Å². The number of hydrogen-bond donors (Lipinski definition) is 2. The van der Waals surface area contributed by atoms with E-state index in [0.717, 1.165) is 45.2 Å². The maximum Gasteiger partial charge on any atom is 0.294 e. The summed E-state index contributed by atoms with van der Waals surface area (Å²) in [6.07, 6.45) is 5.03. The van der Waals surface area contributed by atoms with Crippen molar-refractivity contribution in [2.45, 2.75) is 38.1 Å². The van der Waals surface area contributed by atoms with Crippen LogP contribution in [0.2, 0.25) is 0 Å². The molecule has 0 aromatic heterocycles. The Kier molecular flexibility index (Phi) is 5.90. The third-order valence-corrected chi connectivity index (χ3v) is 5.26. The summed E-state index contributed by atoms with van der Waals surface area (Å²) in [5.74, 6) is -0.129. The van der Waals surface area contributed by atoms with Crippen molar-refractivity contribution in [1.29, 1.82) is 0 Å². The van der Waals surface area contributed by atoms with Crippen LogP contribution in [0.1, 0.15) is 42.5 Å². The number of piperidine rings is 2. The number of halogens is 1. The van der Waals surface area contributed by atoms with Crippen molar-refractivity contribution in [3.05, 3.63) is 32.3 Å². The van der Waals surface area contributed by atoms with Gasteiger partial charge in [0, 0.05) is 36.2 Å². The van der Waals surface area contributed by atoms with E-state index in [4.69, 9.17) is 0 Å². The second kappa shape index (κ2) is 8.14. The maximum atomic E-state index is 13.0. The lowest BCUT2D eigenvalue weighted by Crippen LogP contribution is -2.40. The Hall–Kier alpha value is -1.67. The van der Waals surface area contributed by atoms with Gasteiger partial charge in [0.1, 0.15) is 5.69 Å². The summed E-state index contributed by atoms with van der Waals surface area (Å²) in [6, 6.07) is 3.25. The van der Waals surface area contributed by atoms with E-state index in [1.165, 1.54) is 6.07 Å². The molecule has 1 amide bonds. The van der Waals surface area contributed by atoms with Crippen LogP contribution in [0.4, 0.5) is 11.4 Å². The van der Waals surface area contributed by atoms with Crippen LogP contribution in [0, 0.1) is 10.1 Å². The number of nitrogens with zero attached hydrogens (tertiary/aromatic N) is 2. The first-order chi connectivity index (χ1) is 12.1. The van der Waals surface area contributed by atoms with Crippen molar-refractivity contribution in [3.8, 4) is 0 Å². The molecule has 0 spiro atoms. The highest BCUT2D eigenvalue weighted by Gasteiger charge is 2.29. The number of rotatable bonds is 4. The number of amides is 1. The lowest BCUT2D eigenvalue weighted by Gasteiger charge is -2.29. The minimum Gasteiger partial charge on any atom is -0.375 e. The van der Waals surface area contributed by atoms with Crippen molar-refractivity contribution < 1.29 is 9.72 Å². The zero-order valence-corrected chi connectivity index (χ0v) is 15.7. The van der Waals surface area contributed by atoms with Gasteiger partial charge in [0.05, 0.1) is 10.5 Å². The highest BCUT2D eigenvalue weighted by atomic mass is 79.9. The van der Waals surface area contributed by atoms with E-state index >= 15 is 0 Å². The van der Waals surface area contributed by atoms with Gasteiger partial charge in [-0.25, -0.2) is 0 Å². The third-order valence-electron chi connectivity index (χ3n) is 4.80. The van der Waals surface area contributed by atoms with Gasteiger partial charge in [0.15, 0.2) is 0 Å². The van der Waals surface area contributed by atoms with Gasteiger partial charge in [-0.2, -0.15) is 0 Å². The third kappa shape index (κ3) is 4.30. The number of carbonyl (C=O) groups is 1. The zero-order chi connectivity index (χ0) is 17.8. The van der Waals surface area contributed by atoms with Gasteiger partial charge in [-0.05, 0) is 44.7 Å². The molecule has 0 bridgehead atoms. The predicted molar refractivity (Wildman–Crippen MR) is 100 cm³/mol. The molecule has 1 aromatic rings. The van der Waals surface area contributed by atoms with Crippen LogP contribution in [0.25, 0.3) is 0 Å². The fraction of sp³-hybridized carbons (Fsp3) is 0.588. The number of nitrogens with one attached hydrogen (secondary N) is 2. The Morgan fingerprint density at radius 1 is 1.28 bits per heavy atom. The molecule has 0 saturated carbocycles. The largest absolute Gasteiger partial charge is 0.375 e. The molecule has 136 valence electrons. The standard InChI is InChI=1S/C17H23BrN4O3/c18-12-9-14(17(23)21-7-2-1-3-8-21)16(15(10-12)22(24)25)20-13-5-4-6-19-11-13/h9-10,13,19-20H,1-8,11H2/t13-/m1/s1. The molecule has 1 atom stereocenters. The molecule has 2 N–H and O–H groups in total. The molecule has 2 saturated heterocycles. The zero-order valence-electron chi connectivity index (χ0n) is 14.1. The topological polar surface area (TPSA) is 87.5 Å². The number of nitro benzene ring substituents is 1. The van der Waals surface area contributed by atoms with Gasteiger partial charge in [-0.3, -0.25) is 14.9 Å². The Morgan fingerprint density at radius 2 is 2.04 bits per heavy atom. The number of anilines is 1. The van der Waals surface area contributed by atoms with E-state index < -0.39 is 4.92 Å². The second-order valence-electron chi connectivity index (χ2n) is 6.65. The van der Waals surface area contributed by atoms with Crippen molar-refractivity contribution >= 4 is 33.2 Å². The van der Waals surface area contributed by atoms with E-state index in [0.29, 0.717) is 28.8 Å². The molecular weight excluding hydrogens is 388 g/mol. The fourth-order valence-electron chi connectivity index (χ4n) is 3.50. The van der Waals surface area contributed by atoms with Gasteiger partial charge in [-0.1, -0.05) is 15.9 Å². The Labute approximate surface area is 155 Å². The number of nitro groups is 1. The molecule has 0 aliphatic carbocycles. The minimum absolute atomic E-state index is 0.0553. The highest BCUT2D eigenvalue weighted by molar-refractivity contribution is 9.10. The molecule has 0 unspecified atom stereocenters. The summed E-state index contributed by atoms with van der Waals surface area (Å²) in [4.78, 5) is 26.0. The second-order valence-corrected chi connectivity index (χ2v) is 7.56. The summed E-state index contributed by atoms with van der Waals surface area (Å²) >= 11 is 3.32. The van der Waals surface area contributed by atoms with Gasteiger partial charge in [0.25, 0.3) is 11.6 Å². The monoisotopic (exact) mass is 410 g/mol. The van der Waals surface area contributed by atoms with E-state index in [-0.39, 0.29) is 17.6 Å². The van der Waals surface area contributed by atoms with Gasteiger partial charge in [-0.15, -0.1) is 0 Å². The molecule has 25 heavy (non-hydrogen) atoms. The first-order valence-electron chi connectivity index (χ1n) is 8.80. The lowest BCUT2D eigenvalue weighted by molar-refractivity contribution is -0.384. The number of carbonyl (C=O) groups excluding carboxylic acids is 1. The molecule has 2 heterocycles. The van der Waals surface area contributed by atoms with Crippen LogP contribution in [0.15, 0.2) is 16.6 Å². The number of benzene rings is 1. The molecule has 3 rings (SSSR count). The molecule has 1 aromatic carbocycles. The van der Waals surface area contributed by atoms with Crippen LogP contribution < -0.4 is 10.6 Å². The van der Waals surface area contributed by atoms with E-state index in [2.05, 4.69) is 26.6 Å². The van der Waals surface area contributed by atoms with Crippen molar-refractivity contribution in [3.63, 3.8) is 0 Å². The molecule has 2 fully saturated rings. The smallest absolute Gasteiger partial charge is 0.294 e. The summed E-state index contributed by atoms with van der Waals surface area (Å²) in [6.45, 7) is 3.12. The van der Waals surface area contributed by atoms with Crippen molar-refractivity contribution in [2.75, 3.05) is 31.5 Å². The SMILES string of the molecule is O=C(c1cc(Br)cc([N+](=O)[O-])c1N[C@@H]1CCCNC1)N1CCCCC1. The molecule has 8 heteroatoms. The Balaban J connectivity index is 1.96. The molecule has 2 aliphatic rings. The lowest BCUT2D eigenvalue weighted by atomic mass is 10.0. The predicted octanol–water partition coefficient (Wildman–Crippen LogP) is 3.15. The first-order valence-corrected chi connectivity index (χ1v) is 9.60. The highest BCUT2D eigenvalue weighted by Crippen LogP contribution is 2.34.